The molecule has 1 aromatic rings. The molecule has 2 rings (SSSR count). The van der Waals surface area contributed by atoms with Gasteiger partial charge in [-0.05, 0) is 30.2 Å². The van der Waals surface area contributed by atoms with Crippen molar-refractivity contribution < 1.29 is 22.2 Å². The quantitative estimate of drug-likeness (QED) is 0.626. The maximum absolute atomic E-state index is 9.27. The zero-order chi connectivity index (χ0) is 9.97. The van der Waals surface area contributed by atoms with Gasteiger partial charge in [0.15, 0.2) is 0 Å². The second-order valence-electron chi connectivity index (χ2n) is 4.12. The van der Waals surface area contributed by atoms with E-state index in [1.165, 1.54) is 11.1 Å². The molecule has 0 saturated heterocycles. The summed E-state index contributed by atoms with van der Waals surface area (Å²) >= 11 is 0. The van der Waals surface area contributed by atoms with Crippen LogP contribution in [0.3, 0.4) is 0 Å². The van der Waals surface area contributed by atoms with Crippen LogP contribution in [0.5, 0.6) is 0 Å². The van der Waals surface area contributed by atoms with E-state index in [1.807, 2.05) is 6.07 Å². The second-order valence-corrected chi connectivity index (χ2v) is 4.12. The van der Waals surface area contributed by atoms with E-state index in [4.69, 9.17) is 0 Å². The van der Waals surface area contributed by atoms with Gasteiger partial charge >= 0.3 is 0 Å². The van der Waals surface area contributed by atoms with Gasteiger partial charge in [-0.25, -0.2) is 0 Å². The van der Waals surface area contributed by atoms with Gasteiger partial charge in [-0.15, -0.1) is 0 Å². The summed E-state index contributed by atoms with van der Waals surface area (Å²) in [7, 11) is 0. The van der Waals surface area contributed by atoms with Crippen LogP contribution in [0.4, 0.5) is 0 Å². The Balaban J connectivity index is 0.00000112. The topological polar surface area (TPSA) is 20.2 Å². The standard InChI is InChI=1S/C13H16O.Fe/c1-10-7-12(9-14)13(8-10)11-5-3-2-4-6-11;/h2-6,12-14H,1,7-9H2;. The summed E-state index contributed by atoms with van der Waals surface area (Å²) in [5.41, 5.74) is 2.61. The van der Waals surface area contributed by atoms with Crippen molar-refractivity contribution in [2.75, 3.05) is 6.61 Å². The summed E-state index contributed by atoms with van der Waals surface area (Å²) in [5.74, 6) is 0.860. The molecule has 0 amide bonds. The fraction of sp³-hybridized carbons (Fsp3) is 0.385. The Bertz CT molecular complexity index is 321. The van der Waals surface area contributed by atoms with Crippen LogP contribution in [-0.4, -0.2) is 11.7 Å². The van der Waals surface area contributed by atoms with Gasteiger partial charge in [0.2, 0.25) is 0 Å². The number of allylic oxidation sites excluding steroid dienone is 1. The van der Waals surface area contributed by atoms with Gasteiger partial charge in [-0.1, -0.05) is 42.5 Å². The van der Waals surface area contributed by atoms with E-state index in [1.54, 1.807) is 0 Å². The summed E-state index contributed by atoms with van der Waals surface area (Å²) in [6, 6.07) is 10.4. The molecule has 2 heteroatoms. The second kappa shape index (κ2) is 5.50. The molecule has 1 nitrogen and oxygen atoms in total. The Morgan fingerprint density at radius 1 is 1.20 bits per heavy atom. The van der Waals surface area contributed by atoms with Crippen LogP contribution >= 0.6 is 0 Å². The largest absolute Gasteiger partial charge is 0.396 e. The molecule has 82 valence electrons. The monoisotopic (exact) mass is 244 g/mol. The van der Waals surface area contributed by atoms with Crippen molar-refractivity contribution in [1.29, 1.82) is 0 Å². The molecule has 2 unspecified atom stereocenters. The van der Waals surface area contributed by atoms with Gasteiger partial charge in [-0.3, -0.25) is 0 Å². The van der Waals surface area contributed by atoms with Crippen molar-refractivity contribution in [3.05, 3.63) is 48.0 Å². The smallest absolute Gasteiger partial charge is 0.0468 e. The number of benzene rings is 1. The minimum atomic E-state index is 0. The molecule has 0 aliphatic heterocycles. The first-order valence-corrected chi connectivity index (χ1v) is 5.13. The minimum absolute atomic E-state index is 0. The fourth-order valence-corrected chi connectivity index (χ4v) is 2.36. The molecule has 0 heterocycles. The number of aliphatic hydroxyl groups is 1. The Kier molecular flexibility index (Phi) is 4.59. The predicted octanol–water partition coefficient (Wildman–Crippen LogP) is 2.73. The van der Waals surface area contributed by atoms with Crippen molar-refractivity contribution in [1.82, 2.24) is 0 Å². The zero-order valence-electron chi connectivity index (χ0n) is 8.67. The van der Waals surface area contributed by atoms with Crippen LogP contribution in [-0.2, 0) is 17.1 Å². The molecule has 0 radical (unpaired) electrons. The molecule has 0 bridgehead atoms. The van der Waals surface area contributed by atoms with E-state index in [-0.39, 0.29) is 23.7 Å². The number of hydrogen-bond acceptors (Lipinski definition) is 1. The molecule has 1 N–H and O–H groups in total. The summed E-state index contributed by atoms with van der Waals surface area (Å²) in [5, 5.41) is 9.27. The van der Waals surface area contributed by atoms with Gasteiger partial charge < -0.3 is 5.11 Å². The van der Waals surface area contributed by atoms with Crippen molar-refractivity contribution in [3.8, 4) is 0 Å². The van der Waals surface area contributed by atoms with Crippen molar-refractivity contribution in [2.24, 2.45) is 5.92 Å². The van der Waals surface area contributed by atoms with Gasteiger partial charge in [0, 0.05) is 23.7 Å². The molecule has 0 aromatic heterocycles. The van der Waals surface area contributed by atoms with Gasteiger partial charge in [0.25, 0.3) is 0 Å². The molecule has 15 heavy (non-hydrogen) atoms. The number of rotatable bonds is 2. The van der Waals surface area contributed by atoms with E-state index >= 15 is 0 Å². The van der Waals surface area contributed by atoms with E-state index in [0.29, 0.717) is 11.8 Å². The van der Waals surface area contributed by atoms with E-state index < -0.39 is 0 Å². The van der Waals surface area contributed by atoms with Gasteiger partial charge in [-0.2, -0.15) is 0 Å². The number of aliphatic hydroxyl groups excluding tert-OH is 1. The van der Waals surface area contributed by atoms with E-state index in [0.717, 1.165) is 12.8 Å². The van der Waals surface area contributed by atoms with Crippen LogP contribution in [0.1, 0.15) is 24.3 Å². The maximum Gasteiger partial charge on any atom is 0.0468 e. The summed E-state index contributed by atoms with van der Waals surface area (Å²) in [6.07, 6.45) is 2.02. The van der Waals surface area contributed by atoms with Crippen LogP contribution in [0.25, 0.3) is 0 Å². The SMILES string of the molecule is C=C1CC(CO)C(c2ccccc2)C1.[Fe]. The molecule has 2 atom stereocenters. The Labute approximate surface area is 102 Å². The minimum Gasteiger partial charge on any atom is -0.396 e. The summed E-state index contributed by atoms with van der Waals surface area (Å²) in [4.78, 5) is 0. The summed E-state index contributed by atoms with van der Waals surface area (Å²) < 4.78 is 0. The van der Waals surface area contributed by atoms with Crippen molar-refractivity contribution in [3.63, 3.8) is 0 Å². The van der Waals surface area contributed by atoms with Crippen LogP contribution < -0.4 is 0 Å². The molecular weight excluding hydrogens is 228 g/mol. The third-order valence-corrected chi connectivity index (χ3v) is 3.09. The number of hydrogen-bond donors (Lipinski definition) is 1. The van der Waals surface area contributed by atoms with Gasteiger partial charge in [0.05, 0.1) is 0 Å². The average Bonchev–Trinajstić information content (AvgIpc) is 2.61. The molecule has 1 aromatic carbocycles. The van der Waals surface area contributed by atoms with Crippen LogP contribution in [0.2, 0.25) is 0 Å². The summed E-state index contributed by atoms with van der Waals surface area (Å²) in [6.45, 7) is 4.29. The predicted molar refractivity (Wildman–Crippen MR) is 58.1 cm³/mol. The van der Waals surface area contributed by atoms with E-state index in [9.17, 15) is 5.11 Å². The Morgan fingerprint density at radius 3 is 2.47 bits per heavy atom. The first-order valence-electron chi connectivity index (χ1n) is 5.13. The van der Waals surface area contributed by atoms with Crippen molar-refractivity contribution in [2.45, 2.75) is 18.8 Å². The zero-order valence-corrected chi connectivity index (χ0v) is 9.77. The normalized spacial score (nSPS) is 25.0. The fourth-order valence-electron chi connectivity index (χ4n) is 2.36. The molecule has 1 aliphatic rings. The van der Waals surface area contributed by atoms with Crippen molar-refractivity contribution >= 4 is 0 Å². The van der Waals surface area contributed by atoms with Crippen LogP contribution in [0, 0.1) is 5.92 Å². The molecule has 1 aliphatic carbocycles. The Hall–Kier alpha value is -0.561. The third-order valence-electron chi connectivity index (χ3n) is 3.09. The molecule has 1 saturated carbocycles. The Morgan fingerprint density at radius 2 is 1.87 bits per heavy atom. The van der Waals surface area contributed by atoms with E-state index in [2.05, 4.69) is 30.8 Å². The first-order chi connectivity index (χ1) is 6.81. The third kappa shape index (κ3) is 2.72. The molecule has 0 spiro atoms. The first kappa shape index (κ1) is 12.5. The van der Waals surface area contributed by atoms with Gasteiger partial charge in [0.1, 0.15) is 0 Å². The average molecular weight is 244 g/mol. The molecular formula is C13H16FeO. The molecule has 1 fully saturated rings. The van der Waals surface area contributed by atoms with Crippen LogP contribution in [0.15, 0.2) is 42.5 Å². The maximum atomic E-state index is 9.27.